The first-order chi connectivity index (χ1) is 6.70. The monoisotopic (exact) mass is 199 g/mol. The van der Waals surface area contributed by atoms with Crippen LogP contribution in [0.1, 0.15) is 19.3 Å². The molecule has 0 amide bonds. The summed E-state index contributed by atoms with van der Waals surface area (Å²) in [5, 5.41) is 3.55. The zero-order valence-corrected chi connectivity index (χ0v) is 8.28. The minimum absolute atomic E-state index is 0.0335. The van der Waals surface area contributed by atoms with Crippen molar-refractivity contribution < 1.29 is 19.2 Å². The molecule has 14 heavy (non-hydrogen) atoms. The van der Waals surface area contributed by atoms with E-state index < -0.39 is 11.9 Å². The number of methoxy groups -OCH3 is 1. The Morgan fingerprint density at radius 1 is 1.50 bits per heavy atom. The average molecular weight is 199 g/mol. The van der Waals surface area contributed by atoms with Gasteiger partial charge >= 0.3 is 5.97 Å². The Hall–Kier alpha value is -1.39. The molecule has 0 saturated heterocycles. The van der Waals surface area contributed by atoms with Crippen molar-refractivity contribution in [2.45, 2.75) is 19.3 Å². The molecule has 0 aliphatic heterocycles. The van der Waals surface area contributed by atoms with Gasteiger partial charge in [0.2, 0.25) is 0 Å². The predicted octanol–water partition coefficient (Wildman–Crippen LogP) is 0.531. The second-order valence-electron chi connectivity index (χ2n) is 3.06. The number of carbonyl (C=O) groups excluding carboxylic acids is 2. The normalized spacial score (nSPS) is 22.3. The van der Waals surface area contributed by atoms with Gasteiger partial charge in [0.25, 0.3) is 0 Å². The van der Waals surface area contributed by atoms with E-state index in [9.17, 15) is 9.59 Å². The highest BCUT2D eigenvalue weighted by molar-refractivity contribution is 6.41. The fourth-order valence-electron chi connectivity index (χ4n) is 1.55. The largest absolute Gasteiger partial charge is 0.464 e. The Balaban J connectivity index is 2.82. The van der Waals surface area contributed by atoms with E-state index in [4.69, 9.17) is 0 Å². The third-order valence-corrected chi connectivity index (χ3v) is 2.22. The first kappa shape index (κ1) is 10.7. The minimum atomic E-state index is -0.591. The van der Waals surface area contributed by atoms with Gasteiger partial charge in [-0.05, 0) is 12.8 Å². The number of ketones is 1. The molecule has 0 spiro atoms. The van der Waals surface area contributed by atoms with Crippen LogP contribution in [0, 0.1) is 5.92 Å². The van der Waals surface area contributed by atoms with Crippen LogP contribution in [0.3, 0.4) is 0 Å². The standard InChI is InChI=1S/C9H13NO4/c1-13-9(12)8(10-14-2)6-4-3-5-7(6)11/h6H,3-5H2,1-2H3/b10-8+. The molecule has 1 aliphatic rings. The van der Waals surface area contributed by atoms with Crippen LogP contribution in [-0.4, -0.2) is 31.7 Å². The number of carbonyl (C=O) groups is 2. The molecule has 0 heterocycles. The van der Waals surface area contributed by atoms with Crippen molar-refractivity contribution in [1.82, 2.24) is 0 Å². The van der Waals surface area contributed by atoms with Crippen LogP contribution in [0.25, 0.3) is 0 Å². The maximum absolute atomic E-state index is 11.4. The van der Waals surface area contributed by atoms with Crippen LogP contribution in [0.15, 0.2) is 5.16 Å². The summed E-state index contributed by atoms with van der Waals surface area (Å²) in [5.74, 6) is -0.999. The molecule has 0 radical (unpaired) electrons. The van der Waals surface area contributed by atoms with Gasteiger partial charge in [-0.2, -0.15) is 0 Å². The Labute approximate surface area is 82.1 Å². The zero-order valence-electron chi connectivity index (χ0n) is 8.28. The predicted molar refractivity (Wildman–Crippen MR) is 48.8 cm³/mol. The summed E-state index contributed by atoms with van der Waals surface area (Å²) in [6, 6.07) is 0. The van der Waals surface area contributed by atoms with E-state index >= 15 is 0 Å². The number of ether oxygens (including phenoxy) is 1. The molecule has 0 N–H and O–H groups in total. The number of oxime groups is 1. The molecule has 0 aromatic rings. The van der Waals surface area contributed by atoms with Crippen LogP contribution in [0.4, 0.5) is 0 Å². The van der Waals surface area contributed by atoms with Crippen LogP contribution in [0.5, 0.6) is 0 Å². The van der Waals surface area contributed by atoms with Crippen molar-refractivity contribution in [3.8, 4) is 0 Å². The van der Waals surface area contributed by atoms with Crippen molar-refractivity contribution in [2.24, 2.45) is 11.1 Å². The molecule has 1 rings (SSSR count). The Morgan fingerprint density at radius 2 is 2.21 bits per heavy atom. The molecular formula is C9H13NO4. The lowest BCUT2D eigenvalue weighted by Gasteiger charge is -2.08. The first-order valence-electron chi connectivity index (χ1n) is 4.42. The number of Topliss-reactive ketones (excluding diaryl/α,β-unsaturated/α-hetero) is 1. The van der Waals surface area contributed by atoms with E-state index in [0.717, 1.165) is 6.42 Å². The molecule has 78 valence electrons. The molecular weight excluding hydrogens is 186 g/mol. The number of hydrogen-bond acceptors (Lipinski definition) is 5. The Bertz CT molecular complexity index is 272. The number of esters is 1. The van der Waals surface area contributed by atoms with Crippen LogP contribution in [0.2, 0.25) is 0 Å². The third kappa shape index (κ3) is 2.10. The van der Waals surface area contributed by atoms with Crippen molar-refractivity contribution in [1.29, 1.82) is 0 Å². The highest BCUT2D eigenvalue weighted by Gasteiger charge is 2.34. The summed E-state index contributed by atoms with van der Waals surface area (Å²) in [7, 11) is 2.59. The van der Waals surface area contributed by atoms with E-state index in [0.29, 0.717) is 12.8 Å². The van der Waals surface area contributed by atoms with Gasteiger partial charge in [0.1, 0.15) is 12.9 Å². The molecule has 1 atom stereocenters. The van der Waals surface area contributed by atoms with Gasteiger partial charge in [-0.3, -0.25) is 4.79 Å². The van der Waals surface area contributed by atoms with Gasteiger partial charge in [0.05, 0.1) is 13.0 Å². The molecule has 0 aromatic carbocycles. The number of nitrogens with zero attached hydrogens (tertiary/aromatic N) is 1. The summed E-state index contributed by atoms with van der Waals surface area (Å²) >= 11 is 0. The highest BCUT2D eigenvalue weighted by atomic mass is 16.6. The number of hydrogen-bond donors (Lipinski definition) is 0. The summed E-state index contributed by atoms with van der Waals surface area (Å²) in [6.45, 7) is 0. The molecule has 1 aliphatic carbocycles. The molecule has 1 saturated carbocycles. The summed E-state index contributed by atoms with van der Waals surface area (Å²) in [5.41, 5.74) is 0.0810. The lowest BCUT2D eigenvalue weighted by molar-refractivity contribution is -0.134. The van der Waals surface area contributed by atoms with Gasteiger partial charge in [0, 0.05) is 6.42 Å². The fraction of sp³-hybridized carbons (Fsp3) is 0.667. The van der Waals surface area contributed by atoms with E-state index in [1.807, 2.05) is 0 Å². The maximum Gasteiger partial charge on any atom is 0.356 e. The first-order valence-corrected chi connectivity index (χ1v) is 4.42. The van der Waals surface area contributed by atoms with E-state index in [2.05, 4.69) is 14.7 Å². The van der Waals surface area contributed by atoms with Crippen molar-refractivity contribution >= 4 is 17.5 Å². The SMILES string of the molecule is CO/N=C(/C(=O)OC)C1CCCC1=O. The zero-order chi connectivity index (χ0) is 10.6. The maximum atomic E-state index is 11.4. The van der Waals surface area contributed by atoms with Crippen molar-refractivity contribution in [2.75, 3.05) is 14.2 Å². The quantitative estimate of drug-likeness (QED) is 0.378. The van der Waals surface area contributed by atoms with Crippen LogP contribution >= 0.6 is 0 Å². The van der Waals surface area contributed by atoms with Crippen molar-refractivity contribution in [3.63, 3.8) is 0 Å². The highest BCUT2D eigenvalue weighted by Crippen LogP contribution is 2.23. The third-order valence-electron chi connectivity index (χ3n) is 2.22. The summed E-state index contributed by atoms with van der Waals surface area (Å²) in [4.78, 5) is 27.1. The Kier molecular flexibility index (Phi) is 3.62. The topological polar surface area (TPSA) is 65.0 Å². The average Bonchev–Trinajstić information content (AvgIpc) is 2.60. The summed E-state index contributed by atoms with van der Waals surface area (Å²) in [6.07, 6.45) is 1.95. The van der Waals surface area contributed by atoms with Crippen LogP contribution in [-0.2, 0) is 19.2 Å². The fourth-order valence-corrected chi connectivity index (χ4v) is 1.55. The molecule has 1 unspecified atom stereocenters. The van der Waals surface area contributed by atoms with Gasteiger partial charge in [-0.25, -0.2) is 4.79 Å². The molecule has 0 aromatic heterocycles. The van der Waals surface area contributed by atoms with Crippen molar-refractivity contribution in [3.05, 3.63) is 0 Å². The second kappa shape index (κ2) is 4.74. The number of rotatable bonds is 3. The summed E-state index contributed by atoms with van der Waals surface area (Å²) < 4.78 is 4.52. The smallest absolute Gasteiger partial charge is 0.356 e. The van der Waals surface area contributed by atoms with Gasteiger partial charge < -0.3 is 9.57 Å². The lowest BCUT2D eigenvalue weighted by atomic mass is 10.0. The van der Waals surface area contributed by atoms with E-state index in [1.165, 1.54) is 14.2 Å². The van der Waals surface area contributed by atoms with E-state index in [1.54, 1.807) is 0 Å². The second-order valence-corrected chi connectivity index (χ2v) is 3.06. The minimum Gasteiger partial charge on any atom is -0.464 e. The lowest BCUT2D eigenvalue weighted by Crippen LogP contribution is -2.28. The van der Waals surface area contributed by atoms with E-state index in [-0.39, 0.29) is 11.5 Å². The Morgan fingerprint density at radius 3 is 2.64 bits per heavy atom. The van der Waals surface area contributed by atoms with Gasteiger partial charge in [0.15, 0.2) is 5.71 Å². The molecule has 0 bridgehead atoms. The van der Waals surface area contributed by atoms with Gasteiger partial charge in [-0.1, -0.05) is 5.16 Å². The molecule has 5 nitrogen and oxygen atoms in total. The van der Waals surface area contributed by atoms with Gasteiger partial charge in [-0.15, -0.1) is 0 Å². The molecule has 5 heteroatoms. The molecule has 1 fully saturated rings. The van der Waals surface area contributed by atoms with Crippen LogP contribution < -0.4 is 0 Å².